The standard InChI is InChI=1S/C23H33ClN4OS/c1-4-28(5-2)22(20-8-6-7-9-21(20)24)14-25-23(29)18-10-12-27(13-11-18)15-19-16-30-17(3)26-19/h6-9,16,18,22H,4-5,10-15H2,1-3H3,(H,25,29). The number of amides is 1. The highest BCUT2D eigenvalue weighted by atomic mass is 35.5. The van der Waals surface area contributed by atoms with Crippen LogP contribution in [0.15, 0.2) is 29.6 Å². The van der Waals surface area contributed by atoms with E-state index in [1.54, 1.807) is 11.3 Å². The van der Waals surface area contributed by atoms with E-state index in [9.17, 15) is 4.79 Å². The summed E-state index contributed by atoms with van der Waals surface area (Å²) in [7, 11) is 0. The lowest BCUT2D eigenvalue weighted by Gasteiger charge is -2.33. The van der Waals surface area contributed by atoms with Crippen LogP contribution in [0.2, 0.25) is 5.02 Å². The first-order chi connectivity index (χ1) is 14.5. The van der Waals surface area contributed by atoms with Crippen molar-refractivity contribution in [2.24, 2.45) is 5.92 Å². The summed E-state index contributed by atoms with van der Waals surface area (Å²) >= 11 is 8.17. The van der Waals surface area contributed by atoms with E-state index in [0.717, 1.165) is 66.9 Å². The number of benzene rings is 1. The summed E-state index contributed by atoms with van der Waals surface area (Å²) in [6.45, 7) is 11.5. The highest BCUT2D eigenvalue weighted by Gasteiger charge is 2.27. The van der Waals surface area contributed by atoms with Gasteiger partial charge in [-0.1, -0.05) is 43.6 Å². The Morgan fingerprint density at radius 2 is 2.00 bits per heavy atom. The average molecular weight is 449 g/mol. The summed E-state index contributed by atoms with van der Waals surface area (Å²) in [5.74, 6) is 0.255. The van der Waals surface area contributed by atoms with Gasteiger partial charge in [0.05, 0.1) is 16.7 Å². The Bertz CT molecular complexity index is 815. The van der Waals surface area contributed by atoms with Crippen molar-refractivity contribution < 1.29 is 4.79 Å². The lowest BCUT2D eigenvalue weighted by Crippen LogP contribution is -2.43. The van der Waals surface area contributed by atoms with Gasteiger partial charge >= 0.3 is 0 Å². The minimum Gasteiger partial charge on any atom is -0.354 e. The topological polar surface area (TPSA) is 48.5 Å². The molecule has 1 N–H and O–H groups in total. The van der Waals surface area contributed by atoms with E-state index in [0.29, 0.717) is 6.54 Å². The fourth-order valence-electron chi connectivity index (χ4n) is 4.25. The number of likely N-dealkylation sites (tertiary alicyclic amines) is 1. The van der Waals surface area contributed by atoms with Crippen LogP contribution in [0.4, 0.5) is 0 Å². The highest BCUT2D eigenvalue weighted by Crippen LogP contribution is 2.27. The Kier molecular flexibility index (Phi) is 8.69. The molecule has 7 heteroatoms. The lowest BCUT2D eigenvalue weighted by molar-refractivity contribution is -0.126. The van der Waals surface area contributed by atoms with E-state index < -0.39 is 0 Å². The minimum atomic E-state index is 0.0852. The largest absolute Gasteiger partial charge is 0.354 e. The fourth-order valence-corrected chi connectivity index (χ4v) is 5.12. The van der Waals surface area contributed by atoms with Crippen LogP contribution >= 0.6 is 22.9 Å². The van der Waals surface area contributed by atoms with Gasteiger partial charge < -0.3 is 5.32 Å². The molecule has 30 heavy (non-hydrogen) atoms. The SMILES string of the molecule is CCN(CC)C(CNC(=O)C1CCN(Cc2csc(C)n2)CC1)c1ccccc1Cl. The maximum atomic E-state index is 12.9. The predicted octanol–water partition coefficient (Wildman–Crippen LogP) is 4.52. The molecule has 0 bridgehead atoms. The molecule has 1 atom stereocenters. The summed E-state index contributed by atoms with van der Waals surface area (Å²) in [5.41, 5.74) is 2.22. The van der Waals surface area contributed by atoms with Crippen LogP contribution in [0.3, 0.4) is 0 Å². The molecule has 0 spiro atoms. The quantitative estimate of drug-likeness (QED) is 0.612. The number of nitrogens with one attached hydrogen (secondary N) is 1. The average Bonchev–Trinajstić information content (AvgIpc) is 3.16. The third kappa shape index (κ3) is 6.03. The normalized spacial score (nSPS) is 16.7. The number of hydrogen-bond donors (Lipinski definition) is 1. The van der Waals surface area contributed by atoms with Gasteiger partial charge in [-0.15, -0.1) is 11.3 Å². The molecular weight excluding hydrogens is 416 g/mol. The van der Waals surface area contributed by atoms with Crippen LogP contribution in [0, 0.1) is 12.8 Å². The number of carbonyl (C=O) groups excluding carboxylic acids is 1. The third-order valence-corrected chi connectivity index (χ3v) is 7.16. The van der Waals surface area contributed by atoms with Gasteiger partial charge in [0.1, 0.15) is 0 Å². The van der Waals surface area contributed by atoms with E-state index in [2.05, 4.69) is 45.4 Å². The zero-order chi connectivity index (χ0) is 21.5. The lowest BCUT2D eigenvalue weighted by atomic mass is 9.95. The second kappa shape index (κ2) is 11.2. The van der Waals surface area contributed by atoms with Crippen molar-refractivity contribution in [2.45, 2.75) is 46.2 Å². The molecule has 0 radical (unpaired) electrons. The van der Waals surface area contributed by atoms with Gasteiger partial charge in [-0.3, -0.25) is 14.6 Å². The number of aryl methyl sites for hydroxylation is 1. The second-order valence-corrected chi connectivity index (χ2v) is 9.38. The molecule has 2 heterocycles. The summed E-state index contributed by atoms with van der Waals surface area (Å²) in [6.07, 6.45) is 1.80. The van der Waals surface area contributed by atoms with Crippen molar-refractivity contribution in [3.8, 4) is 0 Å². The Morgan fingerprint density at radius 3 is 2.60 bits per heavy atom. The second-order valence-electron chi connectivity index (χ2n) is 7.91. The number of aromatic nitrogens is 1. The molecule has 0 saturated carbocycles. The molecule has 1 aliphatic heterocycles. The van der Waals surface area contributed by atoms with E-state index in [1.165, 1.54) is 0 Å². The summed E-state index contributed by atoms with van der Waals surface area (Å²) in [5, 5.41) is 7.23. The number of halogens is 1. The zero-order valence-corrected chi connectivity index (χ0v) is 19.8. The molecule has 1 unspecified atom stereocenters. The first-order valence-corrected chi connectivity index (χ1v) is 12.2. The predicted molar refractivity (Wildman–Crippen MR) is 125 cm³/mol. The monoisotopic (exact) mass is 448 g/mol. The molecule has 1 aromatic carbocycles. The van der Waals surface area contributed by atoms with Gasteiger partial charge in [0.25, 0.3) is 0 Å². The third-order valence-electron chi connectivity index (χ3n) is 6.00. The van der Waals surface area contributed by atoms with Gasteiger partial charge in [-0.05, 0) is 57.6 Å². The molecule has 0 aliphatic carbocycles. The molecule has 1 aliphatic rings. The summed E-state index contributed by atoms with van der Waals surface area (Å²) in [4.78, 5) is 22.2. The van der Waals surface area contributed by atoms with Gasteiger partial charge in [0.15, 0.2) is 0 Å². The van der Waals surface area contributed by atoms with Crippen LogP contribution in [0.25, 0.3) is 0 Å². The number of thiazole rings is 1. The summed E-state index contributed by atoms with van der Waals surface area (Å²) in [6, 6.07) is 8.04. The first-order valence-electron chi connectivity index (χ1n) is 10.9. The van der Waals surface area contributed by atoms with Crippen molar-refractivity contribution >= 4 is 28.8 Å². The Morgan fingerprint density at radius 1 is 1.30 bits per heavy atom. The molecular formula is C23H33ClN4OS. The molecule has 1 fully saturated rings. The Balaban J connectivity index is 1.53. The number of rotatable bonds is 9. The van der Waals surface area contributed by atoms with Crippen LogP contribution < -0.4 is 5.32 Å². The Hall–Kier alpha value is -1.47. The van der Waals surface area contributed by atoms with Crippen molar-refractivity contribution in [1.82, 2.24) is 20.1 Å². The van der Waals surface area contributed by atoms with Crippen molar-refractivity contribution in [2.75, 3.05) is 32.7 Å². The van der Waals surface area contributed by atoms with Crippen molar-refractivity contribution in [1.29, 1.82) is 0 Å². The smallest absolute Gasteiger partial charge is 0.223 e. The van der Waals surface area contributed by atoms with Crippen LogP contribution in [0.5, 0.6) is 0 Å². The molecule has 3 rings (SSSR count). The number of hydrogen-bond acceptors (Lipinski definition) is 5. The number of likely N-dealkylation sites (N-methyl/N-ethyl adjacent to an activating group) is 1. The van der Waals surface area contributed by atoms with Crippen LogP contribution in [-0.4, -0.2) is 53.4 Å². The van der Waals surface area contributed by atoms with E-state index >= 15 is 0 Å². The minimum absolute atomic E-state index is 0.0852. The van der Waals surface area contributed by atoms with Gasteiger partial charge in [-0.2, -0.15) is 0 Å². The molecule has 1 amide bonds. The van der Waals surface area contributed by atoms with E-state index in [4.69, 9.17) is 11.6 Å². The fraction of sp³-hybridized carbons (Fsp3) is 0.565. The van der Waals surface area contributed by atoms with Crippen molar-refractivity contribution in [3.63, 3.8) is 0 Å². The van der Waals surface area contributed by atoms with E-state index in [1.807, 2.05) is 25.1 Å². The Labute approximate surface area is 189 Å². The number of piperidine rings is 1. The molecule has 2 aromatic rings. The first kappa shape index (κ1) is 23.2. The van der Waals surface area contributed by atoms with Crippen molar-refractivity contribution in [3.05, 3.63) is 50.9 Å². The van der Waals surface area contributed by atoms with Gasteiger partial charge in [0.2, 0.25) is 5.91 Å². The van der Waals surface area contributed by atoms with Crippen LogP contribution in [-0.2, 0) is 11.3 Å². The molecule has 5 nitrogen and oxygen atoms in total. The number of nitrogens with zero attached hydrogens (tertiary/aromatic N) is 3. The van der Waals surface area contributed by atoms with E-state index in [-0.39, 0.29) is 17.9 Å². The van der Waals surface area contributed by atoms with Crippen LogP contribution in [0.1, 0.15) is 49.0 Å². The number of carbonyl (C=O) groups is 1. The highest BCUT2D eigenvalue weighted by molar-refractivity contribution is 7.09. The van der Waals surface area contributed by atoms with Gasteiger partial charge in [0, 0.05) is 29.4 Å². The zero-order valence-electron chi connectivity index (χ0n) is 18.2. The summed E-state index contributed by atoms with van der Waals surface area (Å²) < 4.78 is 0. The molecule has 1 aromatic heterocycles. The maximum absolute atomic E-state index is 12.9. The van der Waals surface area contributed by atoms with Gasteiger partial charge in [-0.25, -0.2) is 4.98 Å². The molecule has 164 valence electrons. The maximum Gasteiger partial charge on any atom is 0.223 e. The molecule has 1 saturated heterocycles.